The zero-order valence-corrected chi connectivity index (χ0v) is 10.7. The van der Waals surface area contributed by atoms with Gasteiger partial charge in [0.05, 0.1) is 7.11 Å². The van der Waals surface area contributed by atoms with Gasteiger partial charge in [-0.1, -0.05) is 0 Å². The second-order valence-electron chi connectivity index (χ2n) is 5.23. The number of aromatic nitrogens is 2. The molecule has 2 saturated heterocycles. The molecule has 3 heterocycles. The monoisotopic (exact) mass is 249 g/mol. The van der Waals surface area contributed by atoms with Crippen LogP contribution in [0.5, 0.6) is 5.88 Å². The third kappa shape index (κ3) is 1.87. The van der Waals surface area contributed by atoms with Crippen LogP contribution < -0.4 is 4.74 Å². The molecule has 0 aliphatic carbocycles. The van der Waals surface area contributed by atoms with E-state index in [0.29, 0.717) is 24.0 Å². The molecule has 2 unspecified atom stereocenters. The molecule has 2 aliphatic heterocycles. The van der Waals surface area contributed by atoms with Crippen molar-refractivity contribution in [2.45, 2.75) is 37.3 Å². The first-order chi connectivity index (χ1) is 8.73. The Balaban J connectivity index is 1.90. The van der Waals surface area contributed by atoms with Gasteiger partial charge >= 0.3 is 0 Å². The minimum atomic E-state index is -0.884. The smallest absolute Gasteiger partial charge is 0.238 e. The van der Waals surface area contributed by atoms with Crippen LogP contribution >= 0.6 is 0 Å². The Hall–Kier alpha value is -1.20. The van der Waals surface area contributed by atoms with E-state index in [2.05, 4.69) is 14.9 Å². The van der Waals surface area contributed by atoms with Crippen LogP contribution in [0, 0.1) is 0 Å². The van der Waals surface area contributed by atoms with Crippen LogP contribution in [0.1, 0.15) is 31.4 Å². The van der Waals surface area contributed by atoms with E-state index >= 15 is 0 Å². The third-order valence-corrected chi connectivity index (χ3v) is 4.18. The highest BCUT2D eigenvalue weighted by atomic mass is 16.5. The zero-order valence-electron chi connectivity index (χ0n) is 10.7. The van der Waals surface area contributed by atoms with Gasteiger partial charge in [0, 0.05) is 25.0 Å². The van der Waals surface area contributed by atoms with E-state index in [0.717, 1.165) is 13.0 Å². The summed E-state index contributed by atoms with van der Waals surface area (Å²) in [5.74, 6) is 0.450. The fraction of sp³-hybridized carbons (Fsp3) is 0.692. The van der Waals surface area contributed by atoms with E-state index in [-0.39, 0.29) is 0 Å². The molecule has 0 spiro atoms. The number of nitrogens with zero attached hydrogens (tertiary/aromatic N) is 3. The number of hydrogen-bond donors (Lipinski definition) is 1. The SMILES string of the molecule is COc1nccnc1C1(O)CCN2CCCC2C1. The molecule has 98 valence electrons. The fourth-order valence-electron chi connectivity index (χ4n) is 3.25. The summed E-state index contributed by atoms with van der Waals surface area (Å²) in [6.45, 7) is 2.10. The Morgan fingerprint density at radius 1 is 1.39 bits per heavy atom. The van der Waals surface area contributed by atoms with Crippen molar-refractivity contribution in [3.8, 4) is 5.88 Å². The van der Waals surface area contributed by atoms with Crippen LogP contribution in [0.15, 0.2) is 12.4 Å². The van der Waals surface area contributed by atoms with E-state index in [4.69, 9.17) is 4.74 Å². The molecule has 18 heavy (non-hydrogen) atoms. The van der Waals surface area contributed by atoms with Gasteiger partial charge in [-0.2, -0.15) is 0 Å². The number of piperidine rings is 1. The summed E-state index contributed by atoms with van der Waals surface area (Å²) < 4.78 is 5.23. The van der Waals surface area contributed by atoms with Crippen molar-refractivity contribution < 1.29 is 9.84 Å². The average molecular weight is 249 g/mol. The first kappa shape index (κ1) is 11.9. The van der Waals surface area contributed by atoms with Crippen molar-refractivity contribution in [2.75, 3.05) is 20.2 Å². The van der Waals surface area contributed by atoms with Crippen LogP contribution in [0.25, 0.3) is 0 Å². The molecule has 1 N–H and O–H groups in total. The topological polar surface area (TPSA) is 58.5 Å². The molecule has 0 saturated carbocycles. The minimum absolute atomic E-state index is 0.450. The summed E-state index contributed by atoms with van der Waals surface area (Å²) >= 11 is 0. The predicted octanol–water partition coefficient (Wildman–Crippen LogP) is 0.931. The van der Waals surface area contributed by atoms with Gasteiger partial charge in [0.25, 0.3) is 0 Å². The molecular weight excluding hydrogens is 230 g/mol. The van der Waals surface area contributed by atoms with Gasteiger partial charge in [-0.25, -0.2) is 4.98 Å². The van der Waals surface area contributed by atoms with Gasteiger partial charge in [0.1, 0.15) is 11.3 Å². The molecule has 1 aromatic rings. The predicted molar refractivity (Wildman–Crippen MR) is 66.3 cm³/mol. The quantitative estimate of drug-likeness (QED) is 0.845. The lowest BCUT2D eigenvalue weighted by molar-refractivity contribution is -0.0459. The molecule has 2 atom stereocenters. The van der Waals surface area contributed by atoms with Crippen molar-refractivity contribution in [3.63, 3.8) is 0 Å². The normalized spacial score (nSPS) is 32.2. The van der Waals surface area contributed by atoms with Crippen LogP contribution in [0.4, 0.5) is 0 Å². The molecule has 0 radical (unpaired) electrons. The highest BCUT2D eigenvalue weighted by Crippen LogP contribution is 2.40. The van der Waals surface area contributed by atoms with Crippen LogP contribution in [-0.2, 0) is 5.60 Å². The summed E-state index contributed by atoms with van der Waals surface area (Å²) in [4.78, 5) is 10.9. The maximum Gasteiger partial charge on any atom is 0.238 e. The second kappa shape index (κ2) is 4.48. The Labute approximate surface area is 107 Å². The fourth-order valence-corrected chi connectivity index (χ4v) is 3.25. The van der Waals surface area contributed by atoms with E-state index in [1.807, 2.05) is 0 Å². The molecule has 0 aromatic carbocycles. The molecule has 5 nitrogen and oxygen atoms in total. The number of rotatable bonds is 2. The van der Waals surface area contributed by atoms with Crippen LogP contribution in [-0.4, -0.2) is 46.2 Å². The summed E-state index contributed by atoms with van der Waals surface area (Å²) in [7, 11) is 1.57. The summed E-state index contributed by atoms with van der Waals surface area (Å²) in [5, 5.41) is 10.9. The Bertz CT molecular complexity index is 440. The van der Waals surface area contributed by atoms with E-state index < -0.39 is 5.60 Å². The second-order valence-corrected chi connectivity index (χ2v) is 5.23. The number of aliphatic hydroxyl groups is 1. The maximum absolute atomic E-state index is 10.9. The van der Waals surface area contributed by atoms with E-state index in [1.165, 1.54) is 19.4 Å². The lowest BCUT2D eigenvalue weighted by atomic mass is 9.84. The molecule has 0 bridgehead atoms. The molecule has 2 aliphatic rings. The Morgan fingerprint density at radius 3 is 3.06 bits per heavy atom. The van der Waals surface area contributed by atoms with Crippen molar-refractivity contribution >= 4 is 0 Å². The van der Waals surface area contributed by atoms with Crippen molar-refractivity contribution in [1.82, 2.24) is 14.9 Å². The molecule has 2 fully saturated rings. The van der Waals surface area contributed by atoms with Crippen LogP contribution in [0.3, 0.4) is 0 Å². The Kier molecular flexibility index (Phi) is 2.95. The summed E-state index contributed by atoms with van der Waals surface area (Å²) in [6.07, 6.45) is 7.07. The molecule has 3 rings (SSSR count). The first-order valence-corrected chi connectivity index (χ1v) is 6.55. The van der Waals surface area contributed by atoms with Gasteiger partial charge < -0.3 is 14.7 Å². The lowest BCUT2D eigenvalue weighted by Gasteiger charge is -2.40. The van der Waals surface area contributed by atoms with Crippen molar-refractivity contribution in [1.29, 1.82) is 0 Å². The first-order valence-electron chi connectivity index (χ1n) is 6.55. The number of ether oxygens (including phenoxy) is 1. The van der Waals surface area contributed by atoms with Gasteiger partial charge in [-0.3, -0.25) is 4.98 Å². The molecule has 5 heteroatoms. The van der Waals surface area contributed by atoms with Crippen molar-refractivity contribution in [2.24, 2.45) is 0 Å². The highest BCUT2D eigenvalue weighted by Gasteiger charge is 2.43. The molecule has 0 amide bonds. The van der Waals surface area contributed by atoms with E-state index in [1.54, 1.807) is 19.5 Å². The van der Waals surface area contributed by atoms with Crippen molar-refractivity contribution in [3.05, 3.63) is 18.1 Å². The molecular formula is C13H19N3O2. The number of methoxy groups -OCH3 is 1. The van der Waals surface area contributed by atoms with Gasteiger partial charge in [0.15, 0.2) is 0 Å². The third-order valence-electron chi connectivity index (χ3n) is 4.18. The largest absolute Gasteiger partial charge is 0.480 e. The van der Waals surface area contributed by atoms with Gasteiger partial charge in [-0.15, -0.1) is 0 Å². The lowest BCUT2D eigenvalue weighted by Crippen LogP contribution is -2.46. The summed E-state index contributed by atoms with van der Waals surface area (Å²) in [6, 6.07) is 0.482. The Morgan fingerprint density at radius 2 is 2.22 bits per heavy atom. The average Bonchev–Trinajstić information content (AvgIpc) is 2.85. The van der Waals surface area contributed by atoms with Gasteiger partial charge in [0.2, 0.25) is 5.88 Å². The number of hydrogen-bond acceptors (Lipinski definition) is 5. The van der Waals surface area contributed by atoms with Gasteiger partial charge in [-0.05, 0) is 32.2 Å². The zero-order chi connectivity index (χ0) is 12.6. The van der Waals surface area contributed by atoms with Crippen LogP contribution in [0.2, 0.25) is 0 Å². The molecule has 1 aromatic heterocycles. The summed E-state index contributed by atoms with van der Waals surface area (Å²) in [5.41, 5.74) is -0.287. The standard InChI is InChI=1S/C13H19N3O2/c1-18-12-11(14-5-6-15-12)13(17)4-8-16-7-2-3-10(16)9-13/h5-6,10,17H,2-4,7-9H2,1H3. The van der Waals surface area contributed by atoms with E-state index in [9.17, 15) is 5.11 Å². The number of fused-ring (bicyclic) bond motifs is 1. The maximum atomic E-state index is 10.9. The highest BCUT2D eigenvalue weighted by molar-refractivity contribution is 5.25. The minimum Gasteiger partial charge on any atom is -0.480 e.